The largest absolute Gasteiger partial charge is 0.326 e. The Morgan fingerprint density at radius 3 is 2.45 bits per heavy atom. The van der Waals surface area contributed by atoms with Crippen molar-refractivity contribution in [2.24, 2.45) is 5.92 Å². The highest BCUT2D eigenvalue weighted by Gasteiger charge is 2.21. The van der Waals surface area contributed by atoms with Gasteiger partial charge in [0.05, 0.1) is 6.26 Å². The minimum Gasteiger partial charge on any atom is -0.326 e. The molecule has 0 radical (unpaired) electrons. The standard InChI is InChI=1S/C15H20N2O4S/c1-22(20,21)17-15(19)12-8-5-9-13(10-12)16-14(18)11-6-3-2-4-7-11/h5,8-11H,2-4,6-7H2,1H3,(H,16,18)(H,17,19). The zero-order valence-electron chi connectivity index (χ0n) is 12.5. The van der Waals surface area contributed by atoms with Gasteiger partial charge in [-0.3, -0.25) is 9.59 Å². The Kier molecular flexibility index (Phi) is 5.18. The lowest BCUT2D eigenvalue weighted by Gasteiger charge is -2.20. The minimum atomic E-state index is -3.61. The third kappa shape index (κ3) is 4.84. The maximum Gasteiger partial charge on any atom is 0.264 e. The Balaban J connectivity index is 2.04. The van der Waals surface area contributed by atoms with E-state index >= 15 is 0 Å². The molecule has 2 N–H and O–H groups in total. The van der Waals surface area contributed by atoms with Crippen LogP contribution in [0.2, 0.25) is 0 Å². The molecule has 2 amide bonds. The van der Waals surface area contributed by atoms with Crippen LogP contribution in [0.25, 0.3) is 0 Å². The van der Waals surface area contributed by atoms with E-state index in [0.717, 1.165) is 31.9 Å². The first-order valence-corrected chi connectivity index (χ1v) is 9.17. The maximum atomic E-state index is 12.2. The molecule has 2 rings (SSSR count). The van der Waals surface area contributed by atoms with Crippen molar-refractivity contribution in [3.63, 3.8) is 0 Å². The van der Waals surface area contributed by atoms with Crippen molar-refractivity contribution in [3.8, 4) is 0 Å². The van der Waals surface area contributed by atoms with Crippen LogP contribution in [0.15, 0.2) is 24.3 Å². The molecule has 0 saturated heterocycles. The van der Waals surface area contributed by atoms with E-state index in [1.54, 1.807) is 12.1 Å². The van der Waals surface area contributed by atoms with Crippen molar-refractivity contribution in [2.45, 2.75) is 32.1 Å². The van der Waals surface area contributed by atoms with E-state index in [1.807, 2.05) is 4.72 Å². The van der Waals surface area contributed by atoms with E-state index in [2.05, 4.69) is 5.32 Å². The molecule has 1 aliphatic rings. The van der Waals surface area contributed by atoms with Gasteiger partial charge in [0.25, 0.3) is 5.91 Å². The highest BCUT2D eigenvalue weighted by atomic mass is 32.2. The normalized spacial score (nSPS) is 16.0. The van der Waals surface area contributed by atoms with E-state index in [0.29, 0.717) is 5.69 Å². The second-order valence-electron chi connectivity index (χ2n) is 5.61. The molecule has 0 unspecified atom stereocenters. The molecule has 0 spiro atoms. The summed E-state index contributed by atoms with van der Waals surface area (Å²) in [6.07, 6.45) is 5.99. The SMILES string of the molecule is CS(=O)(=O)NC(=O)c1cccc(NC(=O)C2CCCCC2)c1. The van der Waals surface area contributed by atoms with Crippen molar-refractivity contribution in [3.05, 3.63) is 29.8 Å². The van der Waals surface area contributed by atoms with Crippen LogP contribution in [-0.4, -0.2) is 26.5 Å². The van der Waals surface area contributed by atoms with Crippen LogP contribution in [0.4, 0.5) is 5.69 Å². The average molecular weight is 324 g/mol. The zero-order chi connectivity index (χ0) is 16.2. The van der Waals surface area contributed by atoms with Gasteiger partial charge in [-0.25, -0.2) is 13.1 Å². The lowest BCUT2D eigenvalue weighted by atomic mass is 9.88. The average Bonchev–Trinajstić information content (AvgIpc) is 2.46. The molecule has 1 aromatic rings. The topological polar surface area (TPSA) is 92.3 Å². The molecule has 7 heteroatoms. The summed E-state index contributed by atoms with van der Waals surface area (Å²) in [5.41, 5.74) is 0.684. The first-order chi connectivity index (χ1) is 10.3. The monoisotopic (exact) mass is 324 g/mol. The number of carbonyl (C=O) groups excluding carboxylic acids is 2. The summed E-state index contributed by atoms with van der Waals surface area (Å²) < 4.78 is 24.1. The Labute approximate surface area is 130 Å². The summed E-state index contributed by atoms with van der Waals surface area (Å²) in [5, 5.41) is 2.80. The molecule has 0 aromatic heterocycles. The Bertz CT molecular complexity index is 664. The number of anilines is 1. The van der Waals surface area contributed by atoms with E-state index in [9.17, 15) is 18.0 Å². The molecular formula is C15H20N2O4S. The van der Waals surface area contributed by atoms with Gasteiger partial charge in [-0.2, -0.15) is 0 Å². The summed E-state index contributed by atoms with van der Waals surface area (Å²) >= 11 is 0. The van der Waals surface area contributed by atoms with Crippen molar-refractivity contribution in [1.29, 1.82) is 0 Å². The molecule has 0 heterocycles. The fourth-order valence-corrected chi connectivity index (χ4v) is 3.03. The highest BCUT2D eigenvalue weighted by molar-refractivity contribution is 7.89. The van der Waals surface area contributed by atoms with Crippen LogP contribution in [-0.2, 0) is 14.8 Å². The van der Waals surface area contributed by atoms with Gasteiger partial charge in [0.2, 0.25) is 15.9 Å². The van der Waals surface area contributed by atoms with E-state index in [1.165, 1.54) is 18.6 Å². The summed E-state index contributed by atoms with van der Waals surface area (Å²) in [6, 6.07) is 6.25. The molecule has 120 valence electrons. The lowest BCUT2D eigenvalue weighted by Crippen LogP contribution is -2.29. The Hall–Kier alpha value is -1.89. The molecule has 22 heavy (non-hydrogen) atoms. The van der Waals surface area contributed by atoms with Crippen LogP contribution in [0.1, 0.15) is 42.5 Å². The molecule has 0 bridgehead atoms. The highest BCUT2D eigenvalue weighted by Crippen LogP contribution is 2.25. The fraction of sp³-hybridized carbons (Fsp3) is 0.467. The Morgan fingerprint density at radius 1 is 1.14 bits per heavy atom. The van der Waals surface area contributed by atoms with Crippen LogP contribution < -0.4 is 10.0 Å². The maximum absolute atomic E-state index is 12.2. The fourth-order valence-electron chi connectivity index (χ4n) is 2.57. The summed E-state index contributed by atoms with van der Waals surface area (Å²) in [7, 11) is -3.61. The number of hydrogen-bond acceptors (Lipinski definition) is 4. The van der Waals surface area contributed by atoms with Gasteiger partial charge >= 0.3 is 0 Å². The minimum absolute atomic E-state index is 0.0160. The van der Waals surface area contributed by atoms with E-state index in [-0.39, 0.29) is 17.4 Å². The van der Waals surface area contributed by atoms with Crippen molar-refractivity contribution in [1.82, 2.24) is 4.72 Å². The van der Waals surface area contributed by atoms with Gasteiger partial charge in [0.15, 0.2) is 0 Å². The van der Waals surface area contributed by atoms with E-state index < -0.39 is 15.9 Å². The number of hydrogen-bond donors (Lipinski definition) is 2. The van der Waals surface area contributed by atoms with Crippen LogP contribution in [0, 0.1) is 5.92 Å². The van der Waals surface area contributed by atoms with Crippen LogP contribution in [0.3, 0.4) is 0 Å². The third-order valence-corrected chi connectivity index (χ3v) is 4.20. The number of amides is 2. The van der Waals surface area contributed by atoms with E-state index in [4.69, 9.17) is 0 Å². The molecule has 0 atom stereocenters. The van der Waals surface area contributed by atoms with Crippen LogP contribution in [0.5, 0.6) is 0 Å². The van der Waals surface area contributed by atoms with Crippen molar-refractivity contribution >= 4 is 27.5 Å². The first-order valence-electron chi connectivity index (χ1n) is 7.28. The van der Waals surface area contributed by atoms with Crippen molar-refractivity contribution in [2.75, 3.05) is 11.6 Å². The second kappa shape index (κ2) is 6.91. The quantitative estimate of drug-likeness (QED) is 0.884. The summed E-state index contributed by atoms with van der Waals surface area (Å²) in [4.78, 5) is 24.0. The second-order valence-corrected chi connectivity index (χ2v) is 7.36. The number of nitrogens with one attached hydrogen (secondary N) is 2. The van der Waals surface area contributed by atoms with Gasteiger partial charge in [-0.05, 0) is 31.0 Å². The smallest absolute Gasteiger partial charge is 0.264 e. The first kappa shape index (κ1) is 16.5. The predicted molar refractivity (Wildman–Crippen MR) is 84.0 cm³/mol. The van der Waals surface area contributed by atoms with Crippen molar-refractivity contribution < 1.29 is 18.0 Å². The number of rotatable bonds is 4. The Morgan fingerprint density at radius 2 is 1.82 bits per heavy atom. The number of benzene rings is 1. The van der Waals surface area contributed by atoms with Gasteiger partial charge in [-0.1, -0.05) is 25.3 Å². The summed E-state index contributed by atoms with van der Waals surface area (Å²) in [5.74, 6) is -0.737. The van der Waals surface area contributed by atoms with Gasteiger partial charge in [0.1, 0.15) is 0 Å². The third-order valence-electron chi connectivity index (χ3n) is 3.65. The molecule has 1 aliphatic carbocycles. The molecule has 0 aliphatic heterocycles. The van der Waals surface area contributed by atoms with Gasteiger partial charge < -0.3 is 5.32 Å². The predicted octanol–water partition coefficient (Wildman–Crippen LogP) is 1.89. The summed E-state index contributed by atoms with van der Waals surface area (Å²) in [6.45, 7) is 0. The van der Waals surface area contributed by atoms with Crippen LogP contribution >= 0.6 is 0 Å². The van der Waals surface area contributed by atoms with Gasteiger partial charge in [0, 0.05) is 17.2 Å². The molecule has 1 aromatic carbocycles. The molecule has 1 fully saturated rings. The molecule has 1 saturated carbocycles. The zero-order valence-corrected chi connectivity index (χ0v) is 13.3. The number of carbonyl (C=O) groups is 2. The van der Waals surface area contributed by atoms with Gasteiger partial charge in [-0.15, -0.1) is 0 Å². The molecular weight excluding hydrogens is 304 g/mol. The number of sulfonamides is 1. The lowest BCUT2D eigenvalue weighted by molar-refractivity contribution is -0.120. The molecule has 6 nitrogen and oxygen atoms in total.